The summed E-state index contributed by atoms with van der Waals surface area (Å²) in [7, 11) is 3.35. The fraction of sp³-hybridized carbons (Fsp3) is 0.286. The Balaban J connectivity index is 1.68. The van der Waals surface area contributed by atoms with Gasteiger partial charge in [-0.1, -0.05) is 29.8 Å². The molecule has 11 heteroatoms. The van der Waals surface area contributed by atoms with Crippen LogP contribution in [0, 0.1) is 24.2 Å². The third-order valence-corrected chi connectivity index (χ3v) is 9.56. The van der Waals surface area contributed by atoms with E-state index >= 15 is 0 Å². The van der Waals surface area contributed by atoms with Gasteiger partial charge in [0.05, 0.1) is 23.1 Å². The van der Waals surface area contributed by atoms with Crippen LogP contribution in [0.4, 0.5) is 5.95 Å². The summed E-state index contributed by atoms with van der Waals surface area (Å²) >= 11 is 8.42. The summed E-state index contributed by atoms with van der Waals surface area (Å²) in [5.74, 6) is -1.12. The second kappa shape index (κ2) is 7.82. The molecular weight excluding hydrogens is 536 g/mol. The van der Waals surface area contributed by atoms with Gasteiger partial charge in [-0.25, -0.2) is 9.97 Å². The first-order chi connectivity index (χ1) is 18.7. The zero-order valence-electron chi connectivity index (χ0n) is 21.2. The molecule has 7 rings (SSSR count). The topological polar surface area (TPSA) is 116 Å². The third kappa shape index (κ3) is 2.65. The molecule has 1 saturated carbocycles. The lowest BCUT2D eigenvalue weighted by Gasteiger charge is -2.43. The molecule has 1 aliphatic carbocycles. The van der Waals surface area contributed by atoms with Crippen LogP contribution in [0.1, 0.15) is 33.2 Å². The molecule has 1 aromatic carbocycles. The average Bonchev–Trinajstić information content (AvgIpc) is 3.70. The highest BCUT2D eigenvalue weighted by atomic mass is 35.5. The lowest BCUT2D eigenvalue weighted by Crippen LogP contribution is -2.60. The number of amides is 1. The number of anilines is 1. The van der Waals surface area contributed by atoms with Gasteiger partial charge in [0, 0.05) is 43.1 Å². The lowest BCUT2D eigenvalue weighted by molar-refractivity contribution is -0.157. The summed E-state index contributed by atoms with van der Waals surface area (Å²) < 4.78 is 8.70. The van der Waals surface area contributed by atoms with Crippen molar-refractivity contribution in [3.63, 3.8) is 0 Å². The van der Waals surface area contributed by atoms with Crippen LogP contribution < -0.4 is 10.1 Å². The maximum atomic E-state index is 14.2. The second-order valence-corrected chi connectivity index (χ2v) is 11.7. The fourth-order valence-corrected chi connectivity index (χ4v) is 8.29. The number of thiophene rings is 1. The Kier molecular flexibility index (Phi) is 4.84. The minimum absolute atomic E-state index is 0.167. The van der Waals surface area contributed by atoms with Crippen molar-refractivity contribution in [1.82, 2.24) is 19.4 Å². The number of benzene rings is 1. The van der Waals surface area contributed by atoms with Gasteiger partial charge < -0.3 is 20.1 Å². The van der Waals surface area contributed by atoms with Gasteiger partial charge in [0.25, 0.3) is 0 Å². The first kappa shape index (κ1) is 24.2. The molecule has 2 aliphatic heterocycles. The van der Waals surface area contributed by atoms with E-state index in [0.29, 0.717) is 34.1 Å². The van der Waals surface area contributed by atoms with Crippen LogP contribution in [0.3, 0.4) is 0 Å². The van der Waals surface area contributed by atoms with Crippen LogP contribution in [0.15, 0.2) is 60.2 Å². The second-order valence-electron chi connectivity index (χ2n) is 10.4. The van der Waals surface area contributed by atoms with Gasteiger partial charge >= 0.3 is 0 Å². The van der Waals surface area contributed by atoms with Crippen molar-refractivity contribution in [1.29, 1.82) is 5.26 Å². The van der Waals surface area contributed by atoms with Gasteiger partial charge in [0.15, 0.2) is 16.9 Å². The van der Waals surface area contributed by atoms with E-state index in [1.165, 1.54) is 16.2 Å². The molecular formula is C28H23ClN6O3S. The maximum Gasteiger partial charge on any atom is 0.230 e. The Bertz CT molecular complexity index is 1700. The SMILES string of the molecule is Cc1cc2c(c(Cl)n1)[C@]13Nc4nccn4[C@@]1(O)[C@H](C(=O)N(C)C)[C@@H](c1cccs1)[C@]3(c1ccc(C#N)cc1)O2. The molecule has 5 atom stereocenters. The van der Waals surface area contributed by atoms with Crippen LogP contribution in [0.5, 0.6) is 5.75 Å². The zero-order valence-corrected chi connectivity index (χ0v) is 22.8. The summed E-state index contributed by atoms with van der Waals surface area (Å²) in [5.41, 5.74) is -2.54. The Morgan fingerprint density at radius 1 is 1.31 bits per heavy atom. The highest BCUT2D eigenvalue weighted by molar-refractivity contribution is 7.10. The van der Waals surface area contributed by atoms with Gasteiger partial charge in [0.2, 0.25) is 11.9 Å². The molecule has 1 fully saturated rings. The maximum absolute atomic E-state index is 14.2. The van der Waals surface area contributed by atoms with Crippen LogP contribution in [-0.4, -0.2) is 44.5 Å². The summed E-state index contributed by atoms with van der Waals surface area (Å²) in [5, 5.41) is 28.4. The van der Waals surface area contributed by atoms with E-state index < -0.39 is 28.7 Å². The van der Waals surface area contributed by atoms with Gasteiger partial charge in [-0.3, -0.25) is 9.36 Å². The number of halogens is 1. The number of carbonyl (C=O) groups is 1. The number of carbonyl (C=O) groups excluding carboxylic acids is 1. The number of imidazole rings is 1. The van der Waals surface area contributed by atoms with E-state index in [1.54, 1.807) is 49.3 Å². The number of aliphatic hydroxyl groups is 1. The predicted molar refractivity (Wildman–Crippen MR) is 144 cm³/mol. The standard InChI is InChI=1S/C28H23ClN6O3S/c1-15-13-18-20(23(29)32-15)27-26(38-18,17-8-6-16(14-30)7-9-17)21(19-5-4-12-39-19)22(24(36)34(2)3)28(27,37)35-11-10-31-25(35)33-27/h4-13,21-22,37H,1-3H3,(H,31,33)/t21-,22+,26+,27-,28-/m1/s1. The van der Waals surface area contributed by atoms with Crippen molar-refractivity contribution in [3.05, 3.63) is 92.7 Å². The zero-order chi connectivity index (χ0) is 27.3. The number of aryl methyl sites for hydroxylation is 1. The minimum atomic E-state index is -1.91. The normalized spacial score (nSPS) is 29.4. The molecule has 1 spiro atoms. The highest BCUT2D eigenvalue weighted by Crippen LogP contribution is 2.77. The van der Waals surface area contributed by atoms with Crippen molar-refractivity contribution < 1.29 is 14.6 Å². The van der Waals surface area contributed by atoms with Gasteiger partial charge in [-0.05, 0) is 36.1 Å². The number of hydrogen-bond donors (Lipinski definition) is 2. The lowest BCUT2D eigenvalue weighted by atomic mass is 9.69. The summed E-state index contributed by atoms with van der Waals surface area (Å²) in [6.07, 6.45) is 3.25. The molecule has 0 unspecified atom stereocenters. The summed E-state index contributed by atoms with van der Waals surface area (Å²) in [6.45, 7) is 1.82. The van der Waals surface area contributed by atoms with Gasteiger partial charge in [0.1, 0.15) is 16.8 Å². The average molecular weight is 559 g/mol. The number of nitrogens with zero attached hydrogens (tertiary/aromatic N) is 5. The van der Waals surface area contributed by atoms with Crippen LogP contribution in [-0.2, 0) is 21.7 Å². The highest BCUT2D eigenvalue weighted by Gasteiger charge is 2.87. The first-order valence-corrected chi connectivity index (χ1v) is 13.6. The molecule has 9 nitrogen and oxygen atoms in total. The Hall–Kier alpha value is -3.91. The van der Waals surface area contributed by atoms with Crippen LogP contribution >= 0.6 is 22.9 Å². The molecule has 196 valence electrons. The number of nitriles is 1. The van der Waals surface area contributed by atoms with E-state index in [1.807, 2.05) is 36.6 Å². The van der Waals surface area contributed by atoms with E-state index in [2.05, 4.69) is 21.4 Å². The minimum Gasteiger partial charge on any atom is -0.478 e. The molecule has 39 heavy (non-hydrogen) atoms. The molecule has 5 heterocycles. The Labute approximate surface area is 233 Å². The quantitative estimate of drug-likeness (QED) is 0.366. The van der Waals surface area contributed by atoms with Crippen LogP contribution in [0.25, 0.3) is 0 Å². The largest absolute Gasteiger partial charge is 0.478 e. The molecule has 3 aromatic heterocycles. The van der Waals surface area contributed by atoms with E-state index in [9.17, 15) is 15.2 Å². The molecule has 0 bridgehead atoms. The van der Waals surface area contributed by atoms with Crippen molar-refractivity contribution in [2.24, 2.45) is 5.92 Å². The molecule has 3 aliphatic rings. The number of fused-ring (bicyclic) bond motifs is 3. The monoisotopic (exact) mass is 558 g/mol. The number of aromatic nitrogens is 3. The summed E-state index contributed by atoms with van der Waals surface area (Å²) in [6, 6.07) is 14.9. The molecule has 1 amide bonds. The van der Waals surface area contributed by atoms with Crippen molar-refractivity contribution in [2.45, 2.75) is 29.7 Å². The number of pyridine rings is 1. The first-order valence-electron chi connectivity index (χ1n) is 12.4. The molecule has 0 saturated heterocycles. The number of hydrogen-bond acceptors (Lipinski definition) is 8. The third-order valence-electron chi connectivity index (χ3n) is 8.33. The summed E-state index contributed by atoms with van der Waals surface area (Å²) in [4.78, 5) is 25.6. The van der Waals surface area contributed by atoms with Crippen molar-refractivity contribution >= 4 is 34.8 Å². The molecule has 2 N–H and O–H groups in total. The van der Waals surface area contributed by atoms with Crippen LogP contribution in [0.2, 0.25) is 5.15 Å². The Morgan fingerprint density at radius 3 is 2.74 bits per heavy atom. The predicted octanol–water partition coefficient (Wildman–Crippen LogP) is 3.93. The molecule has 4 aromatic rings. The van der Waals surface area contributed by atoms with Gasteiger partial charge in [-0.2, -0.15) is 5.26 Å². The van der Waals surface area contributed by atoms with Gasteiger partial charge in [-0.15, -0.1) is 11.3 Å². The number of ether oxygens (including phenoxy) is 1. The van der Waals surface area contributed by atoms with E-state index in [-0.39, 0.29) is 11.1 Å². The van der Waals surface area contributed by atoms with Crippen molar-refractivity contribution in [3.8, 4) is 11.8 Å². The molecule has 0 radical (unpaired) electrons. The van der Waals surface area contributed by atoms with E-state index in [4.69, 9.17) is 16.3 Å². The smallest absolute Gasteiger partial charge is 0.230 e. The van der Waals surface area contributed by atoms with Crippen molar-refractivity contribution in [2.75, 3.05) is 19.4 Å². The fourth-order valence-electron chi connectivity index (χ4n) is 7.01. The van der Waals surface area contributed by atoms with E-state index in [0.717, 1.165) is 4.88 Å². The number of nitrogens with one attached hydrogen (secondary N) is 1. The Morgan fingerprint density at radius 2 is 2.08 bits per heavy atom. The number of rotatable bonds is 3.